The summed E-state index contributed by atoms with van der Waals surface area (Å²) in [5, 5.41) is 3.58. The molecule has 0 aliphatic heterocycles. The monoisotopic (exact) mass is 309 g/mol. The Morgan fingerprint density at radius 2 is 1.86 bits per heavy atom. The molecule has 1 aromatic heterocycles. The quantitative estimate of drug-likeness (QED) is 0.496. The van der Waals surface area contributed by atoms with Crippen molar-refractivity contribution in [1.82, 2.24) is 9.97 Å². The van der Waals surface area contributed by atoms with Gasteiger partial charge in [0.1, 0.15) is 11.4 Å². The van der Waals surface area contributed by atoms with Crippen LogP contribution in [0.1, 0.15) is 28.5 Å². The van der Waals surface area contributed by atoms with Crippen LogP contribution in [0.25, 0.3) is 0 Å². The molecule has 0 atom stereocenters. The van der Waals surface area contributed by atoms with Crippen LogP contribution in [-0.2, 0) is 11.0 Å². The maximum atomic E-state index is 12.4. The van der Waals surface area contributed by atoms with Crippen LogP contribution in [0.5, 0.6) is 0 Å². The number of nitrogens with zero attached hydrogens (tertiary/aromatic N) is 3. The van der Waals surface area contributed by atoms with Crippen LogP contribution in [-0.4, -0.2) is 21.6 Å². The lowest BCUT2D eigenvalue weighted by Crippen LogP contribution is -2.07. The normalized spacial score (nSPS) is 12.1. The lowest BCUT2D eigenvalue weighted by Gasteiger charge is -2.06. The highest BCUT2D eigenvalue weighted by atomic mass is 19.4. The summed E-state index contributed by atoms with van der Waals surface area (Å²) in [6.45, 7) is 1.56. The fourth-order valence-electron chi connectivity index (χ4n) is 1.49. The van der Waals surface area contributed by atoms with Crippen molar-refractivity contribution >= 4 is 11.7 Å². The van der Waals surface area contributed by atoms with E-state index < -0.39 is 17.7 Å². The van der Waals surface area contributed by atoms with E-state index in [-0.39, 0.29) is 5.56 Å². The Hall–Kier alpha value is -2.77. The Morgan fingerprint density at radius 1 is 1.18 bits per heavy atom. The molecule has 0 saturated carbocycles. The maximum absolute atomic E-state index is 12.4. The standard InChI is InChI=1S/C14H10F3N3O2/c1-9(12-8-18-6-7-19-12)20-22-13(21)10-2-4-11(5-3-10)14(15,16)17/h2-8H,1H3. The molecule has 1 aromatic carbocycles. The highest BCUT2D eigenvalue weighted by molar-refractivity contribution is 5.97. The average molecular weight is 309 g/mol. The Balaban J connectivity index is 2.07. The van der Waals surface area contributed by atoms with Crippen molar-refractivity contribution in [2.75, 3.05) is 0 Å². The van der Waals surface area contributed by atoms with Gasteiger partial charge in [-0.2, -0.15) is 13.2 Å². The van der Waals surface area contributed by atoms with Gasteiger partial charge in [0.05, 0.1) is 17.3 Å². The number of oxime groups is 1. The van der Waals surface area contributed by atoms with Gasteiger partial charge in [-0.3, -0.25) is 9.97 Å². The fourth-order valence-corrected chi connectivity index (χ4v) is 1.49. The van der Waals surface area contributed by atoms with E-state index in [2.05, 4.69) is 20.0 Å². The summed E-state index contributed by atoms with van der Waals surface area (Å²) in [4.78, 5) is 24.2. The first-order chi connectivity index (χ1) is 10.4. The first-order valence-corrected chi connectivity index (χ1v) is 6.07. The number of aromatic nitrogens is 2. The number of alkyl halides is 3. The number of rotatable bonds is 3. The molecule has 0 N–H and O–H groups in total. The minimum Gasteiger partial charge on any atom is -0.312 e. The topological polar surface area (TPSA) is 64.4 Å². The van der Waals surface area contributed by atoms with Crippen LogP contribution >= 0.6 is 0 Å². The zero-order valence-electron chi connectivity index (χ0n) is 11.3. The summed E-state index contributed by atoms with van der Waals surface area (Å²) in [6, 6.07) is 3.66. The number of carbonyl (C=O) groups excluding carboxylic acids is 1. The second-order valence-electron chi connectivity index (χ2n) is 4.22. The SMILES string of the molecule is CC(=NOC(=O)c1ccc(C(F)(F)F)cc1)c1cnccn1. The highest BCUT2D eigenvalue weighted by Gasteiger charge is 2.30. The van der Waals surface area contributed by atoms with E-state index >= 15 is 0 Å². The van der Waals surface area contributed by atoms with E-state index in [1.54, 1.807) is 6.92 Å². The second kappa shape index (κ2) is 6.33. The van der Waals surface area contributed by atoms with Crippen molar-refractivity contribution in [1.29, 1.82) is 0 Å². The molecular formula is C14H10F3N3O2. The van der Waals surface area contributed by atoms with Crippen molar-refractivity contribution in [3.63, 3.8) is 0 Å². The molecule has 0 fully saturated rings. The molecule has 0 amide bonds. The third-order valence-electron chi connectivity index (χ3n) is 2.65. The fraction of sp³-hybridized carbons (Fsp3) is 0.143. The number of hydrogen-bond acceptors (Lipinski definition) is 5. The highest BCUT2D eigenvalue weighted by Crippen LogP contribution is 2.29. The van der Waals surface area contributed by atoms with Crippen LogP contribution in [0.4, 0.5) is 13.2 Å². The van der Waals surface area contributed by atoms with E-state index in [0.717, 1.165) is 24.3 Å². The lowest BCUT2D eigenvalue weighted by molar-refractivity contribution is -0.137. The lowest BCUT2D eigenvalue weighted by atomic mass is 10.1. The summed E-state index contributed by atoms with van der Waals surface area (Å²) >= 11 is 0. The van der Waals surface area contributed by atoms with Gasteiger partial charge < -0.3 is 4.84 Å². The summed E-state index contributed by atoms with van der Waals surface area (Å²) in [5.74, 6) is -0.864. The number of hydrogen-bond donors (Lipinski definition) is 0. The average Bonchev–Trinajstić information content (AvgIpc) is 2.52. The van der Waals surface area contributed by atoms with Gasteiger partial charge >= 0.3 is 12.1 Å². The summed E-state index contributed by atoms with van der Waals surface area (Å²) in [5.41, 5.74) is -0.150. The van der Waals surface area contributed by atoms with E-state index in [4.69, 9.17) is 0 Å². The van der Waals surface area contributed by atoms with Gasteiger partial charge in [0.15, 0.2) is 0 Å². The Labute approximate surface area is 123 Å². The van der Waals surface area contributed by atoms with Crippen LogP contribution in [0.15, 0.2) is 48.0 Å². The molecule has 1 heterocycles. The van der Waals surface area contributed by atoms with E-state index in [1.807, 2.05) is 0 Å². The van der Waals surface area contributed by atoms with Crippen LogP contribution in [0.2, 0.25) is 0 Å². The van der Waals surface area contributed by atoms with Crippen LogP contribution in [0, 0.1) is 0 Å². The van der Waals surface area contributed by atoms with Crippen LogP contribution < -0.4 is 0 Å². The summed E-state index contributed by atoms with van der Waals surface area (Å²) in [6.07, 6.45) is -0.0923. The largest absolute Gasteiger partial charge is 0.416 e. The van der Waals surface area contributed by atoms with Crippen LogP contribution in [0.3, 0.4) is 0 Å². The summed E-state index contributed by atoms with van der Waals surface area (Å²) in [7, 11) is 0. The predicted octanol–water partition coefficient (Wildman–Crippen LogP) is 3.08. The van der Waals surface area contributed by atoms with Crippen molar-refractivity contribution in [2.24, 2.45) is 5.16 Å². The predicted molar refractivity (Wildman–Crippen MR) is 71.1 cm³/mol. The molecule has 114 valence electrons. The van der Waals surface area contributed by atoms with E-state index in [0.29, 0.717) is 11.4 Å². The smallest absolute Gasteiger partial charge is 0.312 e. The first-order valence-electron chi connectivity index (χ1n) is 6.07. The molecule has 0 bridgehead atoms. The van der Waals surface area contributed by atoms with E-state index in [1.165, 1.54) is 18.6 Å². The third kappa shape index (κ3) is 3.87. The van der Waals surface area contributed by atoms with Gasteiger partial charge in [0.2, 0.25) is 0 Å². The van der Waals surface area contributed by atoms with Gasteiger partial charge in [0, 0.05) is 12.4 Å². The summed E-state index contributed by atoms with van der Waals surface area (Å²) < 4.78 is 37.2. The molecule has 0 saturated heterocycles. The molecule has 0 radical (unpaired) electrons. The number of halogens is 3. The second-order valence-corrected chi connectivity index (χ2v) is 4.22. The minimum atomic E-state index is -4.46. The van der Waals surface area contributed by atoms with Gasteiger partial charge in [-0.25, -0.2) is 4.79 Å². The van der Waals surface area contributed by atoms with Crippen molar-refractivity contribution in [3.05, 3.63) is 59.7 Å². The van der Waals surface area contributed by atoms with Gasteiger partial charge in [0.25, 0.3) is 0 Å². The minimum absolute atomic E-state index is 0.0382. The number of carbonyl (C=O) groups is 1. The van der Waals surface area contributed by atoms with Gasteiger partial charge in [-0.15, -0.1) is 0 Å². The Morgan fingerprint density at radius 3 is 2.41 bits per heavy atom. The zero-order chi connectivity index (χ0) is 16.2. The molecule has 22 heavy (non-hydrogen) atoms. The van der Waals surface area contributed by atoms with Gasteiger partial charge in [-0.05, 0) is 31.2 Å². The molecule has 8 heteroatoms. The van der Waals surface area contributed by atoms with Crippen molar-refractivity contribution in [2.45, 2.75) is 13.1 Å². The van der Waals surface area contributed by atoms with Gasteiger partial charge in [-0.1, -0.05) is 5.16 Å². The zero-order valence-corrected chi connectivity index (χ0v) is 11.3. The first kappa shape index (κ1) is 15.6. The maximum Gasteiger partial charge on any atom is 0.416 e. The molecule has 5 nitrogen and oxygen atoms in total. The molecule has 2 rings (SSSR count). The van der Waals surface area contributed by atoms with Crippen molar-refractivity contribution in [3.8, 4) is 0 Å². The molecular weight excluding hydrogens is 299 g/mol. The molecule has 0 aliphatic rings. The van der Waals surface area contributed by atoms with Crippen molar-refractivity contribution < 1.29 is 22.8 Å². The number of benzene rings is 1. The molecule has 0 spiro atoms. The molecule has 0 unspecified atom stereocenters. The Kier molecular flexibility index (Phi) is 4.50. The third-order valence-corrected chi connectivity index (χ3v) is 2.65. The Bertz CT molecular complexity index is 683. The molecule has 0 aliphatic carbocycles. The molecule has 2 aromatic rings. The van der Waals surface area contributed by atoms with E-state index in [9.17, 15) is 18.0 Å².